The van der Waals surface area contributed by atoms with E-state index in [0.717, 1.165) is 9.40 Å². The van der Waals surface area contributed by atoms with E-state index in [1.54, 1.807) is 6.07 Å². The van der Waals surface area contributed by atoms with Crippen LogP contribution in [0.5, 0.6) is 0 Å². The number of nitrogens with one attached hydrogen (secondary N) is 1. The molecule has 0 aliphatic heterocycles. The summed E-state index contributed by atoms with van der Waals surface area (Å²) < 4.78 is 4.97. The summed E-state index contributed by atoms with van der Waals surface area (Å²) in [5.74, 6) is 0. The van der Waals surface area contributed by atoms with Crippen LogP contribution in [0, 0.1) is 0 Å². The van der Waals surface area contributed by atoms with Crippen molar-refractivity contribution in [1.29, 1.82) is 0 Å². The van der Waals surface area contributed by atoms with Gasteiger partial charge in [0.05, 0.1) is 9.04 Å². The molecule has 1 N–H and O–H groups in total. The number of H-pyrrole nitrogens is 1. The fourth-order valence-corrected chi connectivity index (χ4v) is 2.86. The fraction of sp³-hybridized carbons (Fsp3) is 0. The lowest BCUT2D eigenvalue weighted by Gasteiger charge is -1.67. The van der Waals surface area contributed by atoms with Crippen molar-refractivity contribution in [2.75, 3.05) is 0 Å². The summed E-state index contributed by atoms with van der Waals surface area (Å²) >= 11 is 8.31. The monoisotopic (exact) mass is 191 g/mol. The zero-order valence-electron chi connectivity index (χ0n) is 4.68. The van der Waals surface area contributed by atoms with E-state index in [2.05, 4.69) is 4.37 Å². The molecule has 0 aromatic carbocycles. The molecule has 2 rings (SSSR count). The van der Waals surface area contributed by atoms with E-state index in [1.165, 1.54) is 22.9 Å². The molecule has 2 heterocycles. The minimum absolute atomic E-state index is 0.0306. The van der Waals surface area contributed by atoms with Crippen LogP contribution in [0.15, 0.2) is 10.9 Å². The third kappa shape index (κ3) is 0.801. The average molecular weight is 192 g/mol. The molecule has 0 aliphatic rings. The molecular formula is C5H2ClNOS2. The van der Waals surface area contributed by atoms with Crippen molar-refractivity contribution < 1.29 is 0 Å². The van der Waals surface area contributed by atoms with Gasteiger partial charge in [-0.05, 0) is 6.07 Å². The largest absolute Gasteiger partial charge is 0.276 e. The molecule has 0 saturated carbocycles. The second kappa shape index (κ2) is 2.08. The highest BCUT2D eigenvalue weighted by Gasteiger charge is 2.04. The molecule has 0 bridgehead atoms. The molecule has 0 fully saturated rings. The molecule has 2 nitrogen and oxygen atoms in total. The molecular weight excluding hydrogens is 190 g/mol. The van der Waals surface area contributed by atoms with E-state index in [1.807, 2.05) is 0 Å². The Kier molecular flexibility index (Phi) is 1.33. The molecule has 0 aliphatic carbocycles. The zero-order chi connectivity index (χ0) is 7.14. The lowest BCUT2D eigenvalue weighted by atomic mass is 10.6. The summed E-state index contributed by atoms with van der Waals surface area (Å²) in [5.41, 5.74) is -0.0306. The summed E-state index contributed by atoms with van der Waals surface area (Å²) in [4.78, 5) is 10.9. The predicted octanol–water partition coefficient (Wildman–Crippen LogP) is 2.30. The second-order valence-electron chi connectivity index (χ2n) is 1.78. The number of aromatic nitrogens is 1. The van der Waals surface area contributed by atoms with E-state index in [9.17, 15) is 4.79 Å². The van der Waals surface area contributed by atoms with E-state index < -0.39 is 0 Å². The van der Waals surface area contributed by atoms with Crippen molar-refractivity contribution >= 4 is 43.9 Å². The van der Waals surface area contributed by atoms with Crippen LogP contribution in [0.1, 0.15) is 0 Å². The van der Waals surface area contributed by atoms with Gasteiger partial charge < -0.3 is 0 Å². The van der Waals surface area contributed by atoms with Crippen LogP contribution < -0.4 is 5.56 Å². The number of halogens is 1. The lowest BCUT2D eigenvalue weighted by molar-refractivity contribution is 1.48. The maximum Gasteiger partial charge on any atom is 0.276 e. The van der Waals surface area contributed by atoms with E-state index >= 15 is 0 Å². The minimum atomic E-state index is -0.0306. The van der Waals surface area contributed by atoms with Crippen molar-refractivity contribution in [3.8, 4) is 0 Å². The first-order valence-corrected chi connectivity index (χ1v) is 4.55. The molecule has 2 aromatic rings. The highest BCUT2D eigenvalue weighted by Crippen LogP contribution is 2.28. The first kappa shape index (κ1) is 6.39. The van der Waals surface area contributed by atoms with Crippen LogP contribution in [0.25, 0.3) is 9.40 Å². The molecule has 0 saturated heterocycles. The molecule has 5 heteroatoms. The summed E-state index contributed by atoms with van der Waals surface area (Å²) in [5, 5.41) is 0. The Balaban J connectivity index is 3.03. The normalized spacial score (nSPS) is 10.9. The third-order valence-corrected chi connectivity index (χ3v) is 3.35. The highest BCUT2D eigenvalue weighted by molar-refractivity contribution is 7.27. The van der Waals surface area contributed by atoms with Gasteiger partial charge in [0.15, 0.2) is 0 Å². The Morgan fingerprint density at radius 2 is 2.40 bits per heavy atom. The summed E-state index contributed by atoms with van der Waals surface area (Å²) in [7, 11) is 0. The Morgan fingerprint density at radius 3 is 3.10 bits per heavy atom. The number of thiophene rings is 1. The van der Waals surface area contributed by atoms with Crippen molar-refractivity contribution in [2.24, 2.45) is 0 Å². The molecule has 0 unspecified atom stereocenters. The van der Waals surface area contributed by atoms with E-state index in [-0.39, 0.29) is 5.56 Å². The first-order valence-electron chi connectivity index (χ1n) is 2.54. The third-order valence-electron chi connectivity index (χ3n) is 1.13. The molecule has 52 valence electrons. The summed E-state index contributed by atoms with van der Waals surface area (Å²) in [6, 6.07) is 1.80. The standard InChI is InChI=1S/C5H2ClNOS2/c6-3-1-2-4(9-3)5(8)7-10-2/h1H,(H,7,8). The van der Waals surface area contributed by atoms with E-state index in [4.69, 9.17) is 11.6 Å². The number of hydrogen-bond acceptors (Lipinski definition) is 3. The molecule has 0 radical (unpaired) electrons. The van der Waals surface area contributed by atoms with Gasteiger partial charge in [0, 0.05) is 0 Å². The molecule has 0 atom stereocenters. The predicted molar refractivity (Wildman–Crippen MR) is 45.3 cm³/mol. The van der Waals surface area contributed by atoms with Gasteiger partial charge in [-0.2, -0.15) is 0 Å². The van der Waals surface area contributed by atoms with E-state index in [0.29, 0.717) is 4.34 Å². The highest BCUT2D eigenvalue weighted by atomic mass is 35.5. The molecule has 10 heavy (non-hydrogen) atoms. The fourth-order valence-electron chi connectivity index (χ4n) is 0.728. The Labute approximate surface area is 69.2 Å². The van der Waals surface area contributed by atoms with Crippen LogP contribution in [-0.2, 0) is 0 Å². The second-order valence-corrected chi connectivity index (χ2v) is 4.31. The molecule has 0 spiro atoms. The van der Waals surface area contributed by atoms with Gasteiger partial charge in [-0.25, -0.2) is 0 Å². The van der Waals surface area contributed by atoms with Gasteiger partial charge in [0.1, 0.15) is 4.70 Å². The maximum atomic E-state index is 10.9. The quantitative estimate of drug-likeness (QED) is 0.681. The van der Waals surface area contributed by atoms with Crippen molar-refractivity contribution in [3.63, 3.8) is 0 Å². The average Bonchev–Trinajstić information content (AvgIpc) is 2.35. The Morgan fingerprint density at radius 1 is 1.60 bits per heavy atom. The zero-order valence-corrected chi connectivity index (χ0v) is 7.07. The maximum absolute atomic E-state index is 10.9. The summed E-state index contributed by atoms with van der Waals surface area (Å²) in [6.07, 6.45) is 0. The van der Waals surface area contributed by atoms with Gasteiger partial charge in [-0.15, -0.1) is 11.3 Å². The number of rotatable bonds is 0. The number of aromatic amines is 1. The molecule has 0 amide bonds. The van der Waals surface area contributed by atoms with Gasteiger partial charge in [-0.1, -0.05) is 23.1 Å². The first-order chi connectivity index (χ1) is 4.77. The lowest BCUT2D eigenvalue weighted by Crippen LogP contribution is -1.92. The van der Waals surface area contributed by atoms with Crippen LogP contribution in [-0.4, -0.2) is 4.37 Å². The van der Waals surface area contributed by atoms with Crippen LogP contribution >= 0.6 is 34.5 Å². The topological polar surface area (TPSA) is 32.9 Å². The molecule has 2 aromatic heterocycles. The summed E-state index contributed by atoms with van der Waals surface area (Å²) in [6.45, 7) is 0. The van der Waals surface area contributed by atoms with Gasteiger partial charge in [0.2, 0.25) is 0 Å². The minimum Gasteiger partial charge on any atom is -0.276 e. The van der Waals surface area contributed by atoms with Crippen molar-refractivity contribution in [1.82, 2.24) is 4.37 Å². The van der Waals surface area contributed by atoms with Crippen LogP contribution in [0.2, 0.25) is 4.34 Å². The Bertz CT molecular complexity index is 412. The van der Waals surface area contributed by atoms with Crippen molar-refractivity contribution in [2.45, 2.75) is 0 Å². The SMILES string of the molecule is O=c1[nH]sc2cc(Cl)sc12. The Hall–Kier alpha value is -0.320. The van der Waals surface area contributed by atoms with Crippen LogP contribution in [0.4, 0.5) is 0 Å². The van der Waals surface area contributed by atoms with Gasteiger partial charge in [0.25, 0.3) is 5.56 Å². The van der Waals surface area contributed by atoms with Gasteiger partial charge >= 0.3 is 0 Å². The smallest absolute Gasteiger partial charge is 0.276 e. The van der Waals surface area contributed by atoms with Crippen molar-refractivity contribution in [3.05, 3.63) is 20.8 Å². The number of fused-ring (bicyclic) bond motifs is 1. The van der Waals surface area contributed by atoms with Crippen LogP contribution in [0.3, 0.4) is 0 Å². The van der Waals surface area contributed by atoms with Gasteiger partial charge in [-0.3, -0.25) is 9.17 Å². The number of hydrogen-bond donors (Lipinski definition) is 1.